The van der Waals surface area contributed by atoms with Crippen LogP contribution in [0.4, 0.5) is 11.4 Å². The maximum absolute atomic E-state index is 12.6. The molecule has 6 rings (SSSR count). The summed E-state index contributed by atoms with van der Waals surface area (Å²) in [5.41, 5.74) is 4.92. The van der Waals surface area contributed by atoms with Gasteiger partial charge >= 0.3 is 0 Å². The number of ether oxygens (including phenoxy) is 2. The third kappa shape index (κ3) is 4.40. The van der Waals surface area contributed by atoms with E-state index in [0.29, 0.717) is 45.1 Å². The summed E-state index contributed by atoms with van der Waals surface area (Å²) in [5.74, 6) is 0.653. The number of nitrogens with zero attached hydrogens (tertiary/aromatic N) is 6. The highest BCUT2D eigenvalue weighted by Gasteiger charge is 2.22. The molecular formula is C27H26N6O3. The van der Waals surface area contributed by atoms with Crippen molar-refractivity contribution in [2.75, 3.05) is 37.8 Å². The van der Waals surface area contributed by atoms with Crippen LogP contribution in [0.1, 0.15) is 11.3 Å². The van der Waals surface area contributed by atoms with Gasteiger partial charge in [0.1, 0.15) is 5.75 Å². The molecule has 1 amide bonds. The minimum absolute atomic E-state index is 0.00157. The zero-order valence-corrected chi connectivity index (χ0v) is 19.8. The van der Waals surface area contributed by atoms with E-state index in [4.69, 9.17) is 9.47 Å². The SMILES string of the molecule is O=C(COc1cccc2c1CN=CN2c1ccc2c(cnn2Cc2ccccn2)c1)N1CCOCC1. The van der Waals surface area contributed by atoms with Gasteiger partial charge in [0.05, 0.1) is 55.7 Å². The average molecular weight is 483 g/mol. The molecule has 0 saturated carbocycles. The summed E-state index contributed by atoms with van der Waals surface area (Å²) in [4.78, 5) is 25.4. The van der Waals surface area contributed by atoms with E-state index in [0.717, 1.165) is 33.5 Å². The van der Waals surface area contributed by atoms with Gasteiger partial charge in [0.25, 0.3) is 5.91 Å². The number of carbonyl (C=O) groups is 1. The summed E-state index contributed by atoms with van der Waals surface area (Å²) in [7, 11) is 0. The molecule has 0 radical (unpaired) electrons. The molecule has 0 atom stereocenters. The van der Waals surface area contributed by atoms with Gasteiger partial charge in [0.2, 0.25) is 0 Å². The molecule has 2 aliphatic rings. The molecule has 0 spiro atoms. The molecule has 9 heteroatoms. The van der Waals surface area contributed by atoms with E-state index >= 15 is 0 Å². The lowest BCUT2D eigenvalue weighted by atomic mass is 10.1. The van der Waals surface area contributed by atoms with E-state index in [-0.39, 0.29) is 12.5 Å². The normalized spacial score (nSPS) is 15.2. The number of benzene rings is 2. The average Bonchev–Trinajstić information content (AvgIpc) is 3.34. The first-order chi connectivity index (χ1) is 17.8. The summed E-state index contributed by atoms with van der Waals surface area (Å²) in [6, 6.07) is 18.0. The van der Waals surface area contributed by atoms with Crippen LogP contribution < -0.4 is 9.64 Å². The van der Waals surface area contributed by atoms with Crippen molar-refractivity contribution >= 4 is 34.5 Å². The smallest absolute Gasteiger partial charge is 0.260 e. The molecule has 2 aromatic carbocycles. The molecule has 36 heavy (non-hydrogen) atoms. The number of anilines is 2. The highest BCUT2D eigenvalue weighted by Crippen LogP contribution is 2.37. The van der Waals surface area contributed by atoms with Gasteiger partial charge in [-0.25, -0.2) is 0 Å². The van der Waals surface area contributed by atoms with E-state index in [1.807, 2.05) is 58.5 Å². The number of amides is 1. The number of carbonyl (C=O) groups excluding carboxylic acids is 1. The molecule has 4 aromatic rings. The number of fused-ring (bicyclic) bond motifs is 2. The third-order valence-electron chi connectivity index (χ3n) is 6.47. The predicted octanol–water partition coefficient (Wildman–Crippen LogP) is 3.40. The molecule has 1 fully saturated rings. The Morgan fingerprint density at radius 1 is 1.06 bits per heavy atom. The number of pyridine rings is 1. The minimum atomic E-state index is -0.0276. The Bertz CT molecular complexity index is 1410. The lowest BCUT2D eigenvalue weighted by molar-refractivity contribution is -0.137. The Balaban J connectivity index is 1.22. The molecule has 2 aromatic heterocycles. The molecule has 0 aliphatic carbocycles. The zero-order valence-electron chi connectivity index (χ0n) is 19.8. The fraction of sp³-hybridized carbons (Fsp3) is 0.259. The van der Waals surface area contributed by atoms with E-state index in [1.165, 1.54) is 0 Å². The standard InChI is InChI=1S/C27H26N6O3/c34-27(31-10-12-35-13-11-31)18-36-26-6-3-5-25-23(26)16-28-19-32(25)22-7-8-24-20(14-22)15-30-33(24)17-21-4-1-2-9-29-21/h1-9,14-15,19H,10-13,16-18H2. The number of aromatic nitrogens is 3. The van der Waals surface area contributed by atoms with Gasteiger partial charge in [0.15, 0.2) is 6.61 Å². The minimum Gasteiger partial charge on any atom is -0.483 e. The summed E-state index contributed by atoms with van der Waals surface area (Å²) in [6.07, 6.45) is 5.51. The highest BCUT2D eigenvalue weighted by molar-refractivity contribution is 5.95. The molecule has 182 valence electrons. The molecule has 0 bridgehead atoms. The van der Waals surface area contributed by atoms with Crippen LogP contribution in [0.3, 0.4) is 0 Å². The Labute approximate surface area is 208 Å². The van der Waals surface area contributed by atoms with Gasteiger partial charge < -0.3 is 19.3 Å². The van der Waals surface area contributed by atoms with Crippen LogP contribution in [0.25, 0.3) is 10.9 Å². The first-order valence-corrected chi connectivity index (χ1v) is 12.0. The van der Waals surface area contributed by atoms with Crippen LogP contribution in [0.2, 0.25) is 0 Å². The topological polar surface area (TPSA) is 85.1 Å². The van der Waals surface area contributed by atoms with Crippen LogP contribution in [0.15, 0.2) is 72.0 Å². The highest BCUT2D eigenvalue weighted by atomic mass is 16.5. The molecule has 9 nitrogen and oxygen atoms in total. The Kier molecular flexibility index (Phi) is 6.05. The van der Waals surface area contributed by atoms with E-state index < -0.39 is 0 Å². The van der Waals surface area contributed by atoms with Gasteiger partial charge in [-0.15, -0.1) is 0 Å². The maximum atomic E-state index is 12.6. The predicted molar refractivity (Wildman–Crippen MR) is 137 cm³/mol. The summed E-state index contributed by atoms with van der Waals surface area (Å²) in [5, 5.41) is 5.61. The van der Waals surface area contributed by atoms with Crippen molar-refractivity contribution in [3.8, 4) is 5.75 Å². The van der Waals surface area contributed by atoms with Crippen LogP contribution >= 0.6 is 0 Å². The number of hydrogen-bond acceptors (Lipinski definition) is 7. The van der Waals surface area contributed by atoms with Crippen LogP contribution in [0, 0.1) is 0 Å². The summed E-state index contributed by atoms with van der Waals surface area (Å²) < 4.78 is 13.3. The first-order valence-electron chi connectivity index (χ1n) is 12.0. The molecule has 0 unspecified atom stereocenters. The Hall–Kier alpha value is -4.24. The fourth-order valence-electron chi connectivity index (χ4n) is 4.59. The van der Waals surface area contributed by atoms with Crippen LogP contribution in [0.5, 0.6) is 5.75 Å². The first kappa shape index (κ1) is 22.2. The number of hydrogen-bond donors (Lipinski definition) is 0. The van der Waals surface area contributed by atoms with E-state index in [1.54, 1.807) is 11.1 Å². The van der Waals surface area contributed by atoms with E-state index in [9.17, 15) is 4.79 Å². The second-order valence-electron chi connectivity index (χ2n) is 8.73. The lowest BCUT2D eigenvalue weighted by Crippen LogP contribution is -2.43. The van der Waals surface area contributed by atoms with Gasteiger partial charge in [-0.05, 0) is 42.5 Å². The summed E-state index contributed by atoms with van der Waals surface area (Å²) in [6.45, 7) is 3.47. The van der Waals surface area contributed by atoms with Gasteiger partial charge in [0, 0.05) is 35.9 Å². The van der Waals surface area contributed by atoms with Crippen molar-refractivity contribution in [3.05, 3.63) is 78.2 Å². The largest absolute Gasteiger partial charge is 0.483 e. The van der Waals surface area contributed by atoms with Crippen molar-refractivity contribution in [1.82, 2.24) is 19.7 Å². The zero-order chi connectivity index (χ0) is 24.3. The van der Waals surface area contributed by atoms with Crippen molar-refractivity contribution in [1.29, 1.82) is 0 Å². The molecule has 4 heterocycles. The van der Waals surface area contributed by atoms with Crippen LogP contribution in [-0.2, 0) is 22.6 Å². The molecule has 1 saturated heterocycles. The van der Waals surface area contributed by atoms with E-state index in [2.05, 4.69) is 33.3 Å². The Morgan fingerprint density at radius 3 is 2.83 bits per heavy atom. The van der Waals surface area contributed by atoms with Crippen molar-refractivity contribution < 1.29 is 14.3 Å². The molecular weight excluding hydrogens is 456 g/mol. The van der Waals surface area contributed by atoms with Gasteiger partial charge in [-0.2, -0.15) is 5.10 Å². The van der Waals surface area contributed by atoms with Crippen molar-refractivity contribution in [2.24, 2.45) is 4.99 Å². The van der Waals surface area contributed by atoms with Crippen molar-refractivity contribution in [3.63, 3.8) is 0 Å². The monoisotopic (exact) mass is 482 g/mol. The summed E-state index contributed by atoms with van der Waals surface area (Å²) >= 11 is 0. The number of aliphatic imine (C=N–C) groups is 1. The quantitative estimate of drug-likeness (QED) is 0.419. The number of morpholine rings is 1. The van der Waals surface area contributed by atoms with Gasteiger partial charge in [-0.1, -0.05) is 12.1 Å². The molecule has 0 N–H and O–H groups in total. The maximum Gasteiger partial charge on any atom is 0.260 e. The lowest BCUT2D eigenvalue weighted by Gasteiger charge is -2.28. The number of rotatable bonds is 6. The third-order valence-corrected chi connectivity index (χ3v) is 6.47. The second kappa shape index (κ2) is 9.79. The van der Waals surface area contributed by atoms with Crippen LogP contribution in [-0.4, -0.2) is 64.8 Å². The van der Waals surface area contributed by atoms with Crippen molar-refractivity contribution in [2.45, 2.75) is 13.1 Å². The fourth-order valence-corrected chi connectivity index (χ4v) is 4.59. The Morgan fingerprint density at radius 2 is 1.97 bits per heavy atom. The molecule has 2 aliphatic heterocycles. The second-order valence-corrected chi connectivity index (χ2v) is 8.73. The van der Waals surface area contributed by atoms with Gasteiger partial charge in [-0.3, -0.25) is 19.5 Å².